The Morgan fingerprint density at radius 2 is 1.71 bits per heavy atom. The van der Waals surface area contributed by atoms with E-state index in [1.54, 1.807) is 6.20 Å². The molecule has 1 heterocycles. The first-order valence-corrected chi connectivity index (χ1v) is 5.04. The van der Waals surface area contributed by atoms with Crippen molar-refractivity contribution in [2.45, 2.75) is 0 Å². The van der Waals surface area contributed by atoms with E-state index in [2.05, 4.69) is 20.9 Å². The van der Waals surface area contributed by atoms with Gasteiger partial charge < -0.3 is 5.73 Å². The van der Waals surface area contributed by atoms with Gasteiger partial charge in [-0.1, -0.05) is 34.1 Å². The molecule has 0 atom stereocenters. The van der Waals surface area contributed by atoms with E-state index in [9.17, 15) is 0 Å². The number of benzene rings is 1. The zero-order valence-electron chi connectivity index (χ0n) is 7.44. The van der Waals surface area contributed by atoms with Crippen molar-refractivity contribution >= 4 is 21.7 Å². The van der Waals surface area contributed by atoms with E-state index in [4.69, 9.17) is 5.73 Å². The van der Waals surface area contributed by atoms with Crippen LogP contribution in [0.4, 0.5) is 5.82 Å². The van der Waals surface area contributed by atoms with E-state index < -0.39 is 0 Å². The molecule has 1 aromatic carbocycles. The Labute approximate surface area is 90.9 Å². The zero-order chi connectivity index (χ0) is 9.97. The van der Waals surface area contributed by atoms with E-state index >= 15 is 0 Å². The first-order valence-electron chi connectivity index (χ1n) is 4.24. The fourth-order valence-electron chi connectivity index (χ4n) is 1.32. The van der Waals surface area contributed by atoms with Gasteiger partial charge in [0.1, 0.15) is 5.82 Å². The summed E-state index contributed by atoms with van der Waals surface area (Å²) in [6.45, 7) is 0. The highest BCUT2D eigenvalue weighted by Gasteiger charge is 2.05. The van der Waals surface area contributed by atoms with Gasteiger partial charge >= 0.3 is 0 Å². The summed E-state index contributed by atoms with van der Waals surface area (Å²) in [4.78, 5) is 4.05. The molecule has 1 aromatic heterocycles. The number of nitrogens with two attached hydrogens (primary N) is 1. The van der Waals surface area contributed by atoms with Crippen LogP contribution in [0.3, 0.4) is 0 Å². The van der Waals surface area contributed by atoms with Gasteiger partial charge in [-0.25, -0.2) is 4.98 Å². The highest BCUT2D eigenvalue weighted by Crippen LogP contribution is 2.30. The van der Waals surface area contributed by atoms with E-state index in [1.165, 1.54) is 0 Å². The number of hydrogen-bond acceptors (Lipinski definition) is 2. The van der Waals surface area contributed by atoms with Crippen molar-refractivity contribution in [3.8, 4) is 11.1 Å². The van der Waals surface area contributed by atoms with Gasteiger partial charge in [0.25, 0.3) is 0 Å². The lowest BCUT2D eigenvalue weighted by Crippen LogP contribution is -1.93. The molecule has 0 aliphatic heterocycles. The van der Waals surface area contributed by atoms with Gasteiger partial charge in [-0.05, 0) is 23.8 Å². The second-order valence-corrected chi connectivity index (χ2v) is 3.77. The normalized spacial score (nSPS) is 10.1. The molecule has 2 N–H and O–H groups in total. The van der Waals surface area contributed by atoms with Crippen LogP contribution >= 0.6 is 15.9 Å². The molecule has 14 heavy (non-hydrogen) atoms. The van der Waals surface area contributed by atoms with Crippen LogP contribution in [0.1, 0.15) is 0 Å². The van der Waals surface area contributed by atoms with Gasteiger partial charge in [0, 0.05) is 16.2 Å². The lowest BCUT2D eigenvalue weighted by Gasteiger charge is -2.05. The van der Waals surface area contributed by atoms with Crippen LogP contribution in [-0.4, -0.2) is 4.98 Å². The van der Waals surface area contributed by atoms with Gasteiger partial charge in [-0.15, -0.1) is 0 Å². The average molecular weight is 249 g/mol. The van der Waals surface area contributed by atoms with Crippen LogP contribution < -0.4 is 5.73 Å². The number of nitrogens with zero attached hydrogens (tertiary/aromatic N) is 1. The molecule has 0 aliphatic rings. The fraction of sp³-hybridized carbons (Fsp3) is 0. The Morgan fingerprint density at radius 1 is 1.00 bits per heavy atom. The van der Waals surface area contributed by atoms with Crippen molar-refractivity contribution in [2.75, 3.05) is 5.73 Å². The zero-order valence-corrected chi connectivity index (χ0v) is 9.03. The van der Waals surface area contributed by atoms with Crippen LogP contribution in [0.25, 0.3) is 11.1 Å². The summed E-state index contributed by atoms with van der Waals surface area (Å²) in [5.41, 5.74) is 7.82. The molecule has 0 radical (unpaired) electrons. The summed E-state index contributed by atoms with van der Waals surface area (Å²) in [5, 5.41) is 0. The summed E-state index contributed by atoms with van der Waals surface area (Å²) in [7, 11) is 0. The van der Waals surface area contributed by atoms with Crippen LogP contribution in [-0.2, 0) is 0 Å². The lowest BCUT2D eigenvalue weighted by molar-refractivity contribution is 1.33. The average Bonchev–Trinajstić information content (AvgIpc) is 2.20. The van der Waals surface area contributed by atoms with Crippen molar-refractivity contribution in [1.29, 1.82) is 0 Å². The van der Waals surface area contributed by atoms with Crippen LogP contribution in [0.15, 0.2) is 47.1 Å². The maximum Gasteiger partial charge on any atom is 0.131 e. The van der Waals surface area contributed by atoms with E-state index in [1.807, 2.05) is 36.4 Å². The highest BCUT2D eigenvalue weighted by atomic mass is 79.9. The Kier molecular flexibility index (Phi) is 2.50. The van der Waals surface area contributed by atoms with Crippen molar-refractivity contribution in [3.63, 3.8) is 0 Å². The maximum absolute atomic E-state index is 5.79. The molecule has 0 aliphatic carbocycles. The molecule has 0 bridgehead atoms. The van der Waals surface area contributed by atoms with Crippen molar-refractivity contribution in [2.24, 2.45) is 0 Å². The molecule has 3 heteroatoms. The summed E-state index contributed by atoms with van der Waals surface area (Å²) in [6.07, 6.45) is 1.69. The molecule has 0 spiro atoms. The number of halogens is 1. The largest absolute Gasteiger partial charge is 0.383 e. The summed E-state index contributed by atoms with van der Waals surface area (Å²) in [6, 6.07) is 11.8. The minimum Gasteiger partial charge on any atom is -0.383 e. The number of pyridine rings is 1. The Morgan fingerprint density at radius 3 is 2.43 bits per heavy atom. The van der Waals surface area contributed by atoms with Gasteiger partial charge in [-0.2, -0.15) is 0 Å². The van der Waals surface area contributed by atoms with Crippen molar-refractivity contribution < 1.29 is 0 Å². The molecule has 0 saturated carbocycles. The fourth-order valence-corrected chi connectivity index (χ4v) is 1.82. The first kappa shape index (κ1) is 9.21. The van der Waals surface area contributed by atoms with E-state index in [0.29, 0.717) is 5.82 Å². The third-order valence-electron chi connectivity index (χ3n) is 2.00. The molecular formula is C11H9BrN2. The van der Waals surface area contributed by atoms with Crippen LogP contribution in [0, 0.1) is 0 Å². The molecule has 0 amide bonds. The predicted octanol–water partition coefficient (Wildman–Crippen LogP) is 3.09. The third-order valence-corrected chi connectivity index (χ3v) is 2.69. The molecule has 0 unspecified atom stereocenters. The van der Waals surface area contributed by atoms with Gasteiger partial charge in [0.15, 0.2) is 0 Å². The first-order chi connectivity index (χ1) is 6.79. The molecule has 2 rings (SSSR count). The number of aromatic nitrogens is 1. The van der Waals surface area contributed by atoms with Crippen molar-refractivity contribution in [1.82, 2.24) is 4.98 Å². The minimum atomic E-state index is 0.555. The number of hydrogen-bond donors (Lipinski definition) is 1. The Bertz CT molecular complexity index is 411. The summed E-state index contributed by atoms with van der Waals surface area (Å²) in [5.74, 6) is 0.555. The minimum absolute atomic E-state index is 0.555. The molecule has 2 aromatic rings. The molecule has 2 nitrogen and oxygen atoms in total. The van der Waals surface area contributed by atoms with Crippen LogP contribution in [0.5, 0.6) is 0 Å². The smallest absolute Gasteiger partial charge is 0.131 e. The van der Waals surface area contributed by atoms with Gasteiger partial charge in [0.05, 0.1) is 0 Å². The standard InChI is InChI=1S/C11H9BrN2/c12-10-6-2-1-4-8(10)9-5-3-7-14-11(9)13/h1-7H,(H2,13,14). The van der Waals surface area contributed by atoms with Gasteiger partial charge in [-0.3, -0.25) is 0 Å². The second kappa shape index (κ2) is 3.80. The summed E-state index contributed by atoms with van der Waals surface area (Å²) >= 11 is 3.48. The SMILES string of the molecule is Nc1ncccc1-c1ccccc1Br. The monoisotopic (exact) mass is 248 g/mol. The molecule has 0 saturated heterocycles. The molecule has 70 valence electrons. The Hall–Kier alpha value is -1.35. The Balaban J connectivity index is 2.61. The highest BCUT2D eigenvalue weighted by molar-refractivity contribution is 9.10. The molecule has 0 fully saturated rings. The second-order valence-electron chi connectivity index (χ2n) is 2.92. The number of rotatable bonds is 1. The number of anilines is 1. The maximum atomic E-state index is 5.79. The predicted molar refractivity (Wildman–Crippen MR) is 61.8 cm³/mol. The summed E-state index contributed by atoms with van der Waals surface area (Å²) < 4.78 is 1.03. The van der Waals surface area contributed by atoms with Gasteiger partial charge in [0.2, 0.25) is 0 Å². The van der Waals surface area contributed by atoms with E-state index in [-0.39, 0.29) is 0 Å². The van der Waals surface area contributed by atoms with Crippen molar-refractivity contribution in [3.05, 3.63) is 47.1 Å². The quantitative estimate of drug-likeness (QED) is 0.843. The lowest BCUT2D eigenvalue weighted by atomic mass is 10.1. The topological polar surface area (TPSA) is 38.9 Å². The molecular weight excluding hydrogens is 240 g/mol. The third kappa shape index (κ3) is 1.63. The van der Waals surface area contributed by atoms with Crippen LogP contribution in [0.2, 0.25) is 0 Å². The number of nitrogen functional groups attached to an aromatic ring is 1. The van der Waals surface area contributed by atoms with E-state index in [0.717, 1.165) is 15.6 Å².